The van der Waals surface area contributed by atoms with E-state index in [1.807, 2.05) is 20.2 Å². The van der Waals surface area contributed by atoms with Gasteiger partial charge in [0.25, 0.3) is 5.91 Å². The number of aryl methyl sites for hydroxylation is 2. The molecule has 0 bridgehead atoms. The highest BCUT2D eigenvalue weighted by molar-refractivity contribution is 6.34. The van der Waals surface area contributed by atoms with Gasteiger partial charge in [0.15, 0.2) is 10.3 Å². The molecule has 8 heteroatoms. The van der Waals surface area contributed by atoms with E-state index in [0.29, 0.717) is 6.54 Å². The Balaban J connectivity index is 2.10. The third-order valence-electron chi connectivity index (χ3n) is 2.73. The van der Waals surface area contributed by atoms with E-state index < -0.39 is 0 Å². The van der Waals surface area contributed by atoms with E-state index in [-0.39, 0.29) is 21.8 Å². The van der Waals surface area contributed by atoms with Gasteiger partial charge in [-0.05, 0) is 12.5 Å². The van der Waals surface area contributed by atoms with Gasteiger partial charge in [-0.3, -0.25) is 9.48 Å². The summed E-state index contributed by atoms with van der Waals surface area (Å²) in [6.45, 7) is 2.38. The Morgan fingerprint density at radius 2 is 2.15 bits per heavy atom. The molecule has 6 nitrogen and oxygen atoms in total. The Bertz CT molecular complexity index is 641. The average molecular weight is 314 g/mol. The number of hydrogen-bond donors (Lipinski definition) is 1. The molecule has 2 rings (SSSR count). The molecule has 2 heterocycles. The van der Waals surface area contributed by atoms with Gasteiger partial charge >= 0.3 is 0 Å². The molecule has 0 spiro atoms. The van der Waals surface area contributed by atoms with Crippen molar-refractivity contribution < 1.29 is 4.79 Å². The molecule has 0 aliphatic carbocycles. The summed E-state index contributed by atoms with van der Waals surface area (Å²) in [5, 5.41) is 14.4. The Hall–Kier alpha value is -1.66. The van der Waals surface area contributed by atoms with Gasteiger partial charge in [-0.1, -0.05) is 30.1 Å². The van der Waals surface area contributed by atoms with Crippen molar-refractivity contribution in [2.24, 2.45) is 7.05 Å². The predicted molar refractivity (Wildman–Crippen MR) is 75.8 cm³/mol. The molecule has 0 saturated heterocycles. The first kappa shape index (κ1) is 14.7. The lowest BCUT2D eigenvalue weighted by Crippen LogP contribution is -2.24. The molecule has 0 radical (unpaired) electrons. The fourth-order valence-electron chi connectivity index (χ4n) is 1.81. The van der Waals surface area contributed by atoms with Gasteiger partial charge < -0.3 is 5.32 Å². The molecule has 2 aromatic rings. The highest BCUT2D eigenvalue weighted by Crippen LogP contribution is 2.15. The maximum absolute atomic E-state index is 12.0. The molecule has 1 amide bonds. The van der Waals surface area contributed by atoms with Crippen LogP contribution in [0.25, 0.3) is 0 Å². The molecular formula is C12H13Cl2N5O. The second-order valence-corrected chi connectivity index (χ2v) is 4.93. The van der Waals surface area contributed by atoms with Crippen molar-refractivity contribution in [2.45, 2.75) is 19.9 Å². The fraction of sp³-hybridized carbons (Fsp3) is 0.333. The number of hydrogen-bond acceptors (Lipinski definition) is 4. The molecule has 0 atom stereocenters. The first-order chi connectivity index (χ1) is 9.51. The van der Waals surface area contributed by atoms with Crippen LogP contribution >= 0.6 is 23.2 Å². The molecule has 0 aliphatic rings. The van der Waals surface area contributed by atoms with Gasteiger partial charge in [-0.25, -0.2) is 0 Å². The van der Waals surface area contributed by atoms with Crippen LogP contribution in [0, 0.1) is 0 Å². The minimum atomic E-state index is -0.349. The molecule has 0 saturated carbocycles. The summed E-state index contributed by atoms with van der Waals surface area (Å²) in [6, 6.07) is 1.39. The average Bonchev–Trinajstić information content (AvgIpc) is 2.79. The van der Waals surface area contributed by atoms with E-state index in [2.05, 4.69) is 20.6 Å². The normalized spacial score (nSPS) is 10.6. The van der Waals surface area contributed by atoms with Gasteiger partial charge in [-0.2, -0.15) is 5.10 Å². The van der Waals surface area contributed by atoms with Crippen LogP contribution in [0.4, 0.5) is 0 Å². The van der Waals surface area contributed by atoms with E-state index in [1.54, 1.807) is 4.68 Å². The van der Waals surface area contributed by atoms with Gasteiger partial charge in [0.2, 0.25) is 0 Å². The molecule has 106 valence electrons. The molecular weight excluding hydrogens is 301 g/mol. The second kappa shape index (κ2) is 6.19. The number of carbonyl (C=O) groups excluding carboxylic acids is 1. The van der Waals surface area contributed by atoms with Crippen LogP contribution in [0.5, 0.6) is 0 Å². The van der Waals surface area contributed by atoms with Crippen molar-refractivity contribution in [3.63, 3.8) is 0 Å². The van der Waals surface area contributed by atoms with E-state index in [1.165, 1.54) is 6.07 Å². The molecule has 2 aromatic heterocycles. The maximum Gasteiger partial charge on any atom is 0.254 e. The summed E-state index contributed by atoms with van der Waals surface area (Å²) in [4.78, 5) is 12.0. The van der Waals surface area contributed by atoms with E-state index >= 15 is 0 Å². The highest BCUT2D eigenvalue weighted by atomic mass is 35.5. The first-order valence-electron chi connectivity index (χ1n) is 5.99. The van der Waals surface area contributed by atoms with Crippen molar-refractivity contribution in [3.05, 3.63) is 39.4 Å². The van der Waals surface area contributed by atoms with Crippen molar-refractivity contribution in [2.75, 3.05) is 0 Å². The Morgan fingerprint density at radius 3 is 2.85 bits per heavy atom. The number of nitrogens with one attached hydrogen (secondary N) is 1. The largest absolute Gasteiger partial charge is 0.348 e. The van der Waals surface area contributed by atoms with Crippen molar-refractivity contribution >= 4 is 29.1 Å². The minimum Gasteiger partial charge on any atom is -0.348 e. The lowest BCUT2D eigenvalue weighted by atomic mass is 10.2. The Labute approximate surface area is 126 Å². The van der Waals surface area contributed by atoms with E-state index in [9.17, 15) is 4.79 Å². The predicted octanol–water partition coefficient (Wildman–Crippen LogP) is 2.01. The van der Waals surface area contributed by atoms with E-state index in [0.717, 1.165) is 17.7 Å². The molecule has 0 aromatic carbocycles. The van der Waals surface area contributed by atoms with Crippen molar-refractivity contribution in [3.8, 4) is 0 Å². The lowest BCUT2D eigenvalue weighted by Gasteiger charge is -2.06. The van der Waals surface area contributed by atoms with Crippen LogP contribution in [-0.4, -0.2) is 25.9 Å². The van der Waals surface area contributed by atoms with Gasteiger partial charge in [-0.15, -0.1) is 10.2 Å². The fourth-order valence-corrected chi connectivity index (χ4v) is 2.14. The van der Waals surface area contributed by atoms with Crippen molar-refractivity contribution in [1.82, 2.24) is 25.3 Å². The quantitative estimate of drug-likeness (QED) is 0.937. The third kappa shape index (κ3) is 3.26. The van der Waals surface area contributed by atoms with E-state index in [4.69, 9.17) is 23.2 Å². The zero-order valence-electron chi connectivity index (χ0n) is 11.0. The summed E-state index contributed by atoms with van der Waals surface area (Å²) in [5.41, 5.74) is 2.12. The van der Waals surface area contributed by atoms with Crippen LogP contribution in [0.1, 0.15) is 28.5 Å². The molecule has 20 heavy (non-hydrogen) atoms. The summed E-state index contributed by atoms with van der Waals surface area (Å²) >= 11 is 11.5. The lowest BCUT2D eigenvalue weighted by molar-refractivity contribution is 0.0950. The van der Waals surface area contributed by atoms with Crippen LogP contribution in [0.3, 0.4) is 0 Å². The molecule has 1 N–H and O–H groups in total. The van der Waals surface area contributed by atoms with Crippen LogP contribution in [-0.2, 0) is 20.0 Å². The summed E-state index contributed by atoms with van der Waals surface area (Å²) in [5.74, 6) is -0.349. The van der Waals surface area contributed by atoms with Crippen LogP contribution in [0.2, 0.25) is 10.3 Å². The standard InChI is InChI=1S/C12H13Cl2N5O/c1-3-9-7(6-19(2)18-9)5-15-12(20)8-4-10(13)16-17-11(8)14/h4,6H,3,5H2,1-2H3,(H,15,20). The maximum atomic E-state index is 12.0. The summed E-state index contributed by atoms with van der Waals surface area (Å²) in [7, 11) is 1.84. The molecule has 0 aliphatic heterocycles. The summed E-state index contributed by atoms with van der Waals surface area (Å²) in [6.07, 6.45) is 2.67. The van der Waals surface area contributed by atoms with Gasteiger partial charge in [0.05, 0.1) is 11.3 Å². The number of halogens is 2. The van der Waals surface area contributed by atoms with Crippen molar-refractivity contribution in [1.29, 1.82) is 0 Å². The minimum absolute atomic E-state index is 0.0220. The smallest absolute Gasteiger partial charge is 0.254 e. The van der Waals surface area contributed by atoms with Gasteiger partial charge in [0.1, 0.15) is 0 Å². The van der Waals surface area contributed by atoms with Gasteiger partial charge in [0, 0.05) is 25.4 Å². The highest BCUT2D eigenvalue weighted by Gasteiger charge is 2.14. The Kier molecular flexibility index (Phi) is 4.57. The number of rotatable bonds is 4. The first-order valence-corrected chi connectivity index (χ1v) is 6.75. The second-order valence-electron chi connectivity index (χ2n) is 4.18. The van der Waals surface area contributed by atoms with Crippen LogP contribution in [0.15, 0.2) is 12.3 Å². The van der Waals surface area contributed by atoms with Crippen LogP contribution < -0.4 is 5.32 Å². The summed E-state index contributed by atoms with van der Waals surface area (Å²) < 4.78 is 1.72. The number of aromatic nitrogens is 4. The topological polar surface area (TPSA) is 72.7 Å². The number of carbonyl (C=O) groups is 1. The SMILES string of the molecule is CCc1nn(C)cc1CNC(=O)c1cc(Cl)nnc1Cl. The monoisotopic (exact) mass is 313 g/mol. The Morgan fingerprint density at radius 1 is 1.40 bits per heavy atom. The number of amides is 1. The number of nitrogens with zero attached hydrogens (tertiary/aromatic N) is 4. The molecule has 0 fully saturated rings. The third-order valence-corrected chi connectivity index (χ3v) is 3.19. The molecule has 0 unspecified atom stereocenters. The zero-order valence-corrected chi connectivity index (χ0v) is 12.5. The zero-order chi connectivity index (χ0) is 14.7.